The quantitative estimate of drug-likeness (QED) is 0.0412. The van der Waals surface area contributed by atoms with E-state index in [4.69, 9.17) is 10.8 Å². The Balaban J connectivity index is 1.18. The van der Waals surface area contributed by atoms with E-state index in [1.165, 1.54) is 0 Å². The fraction of sp³-hybridized carbons (Fsp3) is 0.794. The number of Topliss-reactive ketones (excluding diaryl/α,β-unsaturated/α-hetero) is 1. The van der Waals surface area contributed by atoms with Gasteiger partial charge in [0.15, 0.2) is 25.4 Å². The van der Waals surface area contributed by atoms with Crippen LogP contribution in [0.2, 0.25) is 0 Å². The number of carboxylic acid groups (broad SMARTS) is 4. The van der Waals surface area contributed by atoms with Crippen molar-refractivity contribution in [1.82, 2.24) is 16.0 Å². The molecule has 298 valence electrons. The van der Waals surface area contributed by atoms with E-state index in [1.54, 1.807) is 0 Å². The standard InChI is InChI=1S/C34H56N8O11/c1-39-14-16-40(18-19-42(24-30(48)49)21-20-41(17-15-39,23-29(46)47)34(39,40)42)22-25(43)8-3-2-4-9-26(35)31(50)36-12-6-5-10-27(32(51)52)38-33(53)37-13-7-11-28(44)45/h26-27H,2-24,35H2,1H3,(H3-4,36,37,38,44,45,46,47,48,49,50,51,52,53)/p+4/t26-,27+,34-,39?,40+,41-,42?/m1/s1. The molecule has 4 rings (SSSR count). The highest BCUT2D eigenvalue weighted by Crippen LogP contribution is 2.61. The van der Waals surface area contributed by atoms with Gasteiger partial charge in [-0.1, -0.05) is 12.8 Å². The molecule has 4 saturated heterocycles. The van der Waals surface area contributed by atoms with E-state index < -0.39 is 47.9 Å². The van der Waals surface area contributed by atoms with E-state index in [0.717, 1.165) is 19.6 Å². The maximum absolute atomic E-state index is 13.7. The first-order valence-corrected chi connectivity index (χ1v) is 18.9. The monoisotopic (exact) mass is 756 g/mol. The largest absolute Gasteiger partial charge is 0.482 e. The van der Waals surface area contributed by atoms with Crippen LogP contribution < -0.4 is 21.7 Å². The van der Waals surface area contributed by atoms with Gasteiger partial charge in [-0.15, -0.1) is 8.97 Å². The highest BCUT2D eigenvalue weighted by Gasteiger charge is 2.98. The van der Waals surface area contributed by atoms with Crippen LogP contribution in [0.5, 0.6) is 0 Å². The minimum Gasteiger partial charge on any atom is -0.481 e. The Labute approximate surface area is 309 Å². The third kappa shape index (κ3) is 8.43. The second-order valence-corrected chi connectivity index (χ2v) is 15.8. The first-order valence-electron chi connectivity index (χ1n) is 18.9. The van der Waals surface area contributed by atoms with E-state index in [1.807, 2.05) is 0 Å². The van der Waals surface area contributed by atoms with Crippen molar-refractivity contribution in [2.75, 3.05) is 92.1 Å². The summed E-state index contributed by atoms with van der Waals surface area (Å²) in [6, 6.07) is -2.57. The zero-order valence-electron chi connectivity index (χ0n) is 30.9. The van der Waals surface area contributed by atoms with Gasteiger partial charge in [-0.2, -0.15) is 8.97 Å². The topological polar surface area (TPSA) is 263 Å². The van der Waals surface area contributed by atoms with Crippen molar-refractivity contribution >= 4 is 41.6 Å². The van der Waals surface area contributed by atoms with Crippen molar-refractivity contribution in [3.05, 3.63) is 0 Å². The predicted octanol–water partition coefficient (Wildman–Crippen LogP) is -1.53. The number of quaternary nitrogens is 4. The van der Waals surface area contributed by atoms with Gasteiger partial charge in [-0.05, 0) is 38.5 Å². The number of unbranched alkanes of at least 4 members (excludes halogenated alkanes) is 3. The summed E-state index contributed by atoms with van der Waals surface area (Å²) in [7, 11) is 2.14. The van der Waals surface area contributed by atoms with Gasteiger partial charge in [0.1, 0.15) is 58.4 Å². The van der Waals surface area contributed by atoms with Gasteiger partial charge in [-0.25, -0.2) is 19.2 Å². The Morgan fingerprint density at radius 2 is 1.15 bits per heavy atom. The Bertz CT molecular complexity index is 1410. The van der Waals surface area contributed by atoms with E-state index in [9.17, 15) is 48.9 Å². The summed E-state index contributed by atoms with van der Waals surface area (Å²) in [5.74, 6) is -4.93. The highest BCUT2D eigenvalue weighted by molar-refractivity contribution is 5.82. The van der Waals surface area contributed by atoms with Crippen molar-refractivity contribution in [3.8, 4) is 0 Å². The van der Waals surface area contributed by atoms with Gasteiger partial charge >= 0.3 is 35.8 Å². The van der Waals surface area contributed by atoms with Crippen molar-refractivity contribution in [2.45, 2.75) is 82.2 Å². The summed E-state index contributed by atoms with van der Waals surface area (Å²) >= 11 is 0. The van der Waals surface area contributed by atoms with Gasteiger partial charge in [0, 0.05) is 25.9 Å². The van der Waals surface area contributed by atoms with Crippen molar-refractivity contribution in [2.24, 2.45) is 5.73 Å². The van der Waals surface area contributed by atoms with Crippen LogP contribution in [-0.4, -0.2) is 190 Å². The Morgan fingerprint density at radius 3 is 1.70 bits per heavy atom. The molecule has 19 heteroatoms. The Hall–Kier alpha value is -3.91. The van der Waals surface area contributed by atoms with Crippen molar-refractivity contribution < 1.29 is 71.9 Å². The number of carbonyl (C=O) groups excluding carboxylic acids is 3. The first kappa shape index (κ1) is 41.8. The summed E-state index contributed by atoms with van der Waals surface area (Å²) in [6.45, 7) is 5.89. The number of urea groups is 1. The molecule has 19 nitrogen and oxygen atoms in total. The summed E-state index contributed by atoms with van der Waals surface area (Å²) < 4.78 is 1.71. The fourth-order valence-electron chi connectivity index (χ4n) is 10.6. The molecule has 0 saturated carbocycles. The average molecular weight is 757 g/mol. The second kappa shape index (κ2) is 17.0. The molecule has 3 amide bonds. The molecule has 9 N–H and O–H groups in total. The molecule has 4 aliphatic heterocycles. The normalized spacial score (nSPS) is 30.5. The number of amides is 3. The number of ketones is 1. The lowest BCUT2D eigenvalue weighted by Crippen LogP contribution is -2.85. The molecule has 1 spiro atoms. The average Bonchev–Trinajstić information content (AvgIpc) is 3.69. The molecule has 4 fully saturated rings. The molecule has 0 bridgehead atoms. The van der Waals surface area contributed by atoms with Crippen LogP contribution in [0.4, 0.5) is 4.79 Å². The zero-order valence-corrected chi connectivity index (χ0v) is 30.9. The fourth-order valence-corrected chi connectivity index (χ4v) is 10.6. The zero-order chi connectivity index (χ0) is 39.1. The molecular weight excluding hydrogens is 696 g/mol. The molecule has 4 aliphatic rings. The predicted molar refractivity (Wildman–Crippen MR) is 186 cm³/mol. The lowest BCUT2D eigenvalue weighted by molar-refractivity contribution is -1.36. The number of likely N-dealkylation sites (N-methyl/N-ethyl adjacent to an activating group) is 1. The van der Waals surface area contributed by atoms with Gasteiger partial charge < -0.3 is 42.1 Å². The SMILES string of the molecule is C[N+]12CC[N@+]3(CC(=O)O)CC[N+]4(CC(=O)O)CC[N@+](CC(=O)CCCCC[C@@H](N)C(=O)NCCCC[C@H](NC(=O)NCCCC(=O)O)C(=O)O)(CC1)[C@@]243. The Kier molecular flexibility index (Phi) is 13.5. The molecule has 4 heterocycles. The van der Waals surface area contributed by atoms with Gasteiger partial charge in [-0.3, -0.25) is 14.4 Å². The third-order valence-corrected chi connectivity index (χ3v) is 12.4. The summed E-state index contributed by atoms with van der Waals surface area (Å²) in [5, 5.41) is 45.7. The van der Waals surface area contributed by atoms with E-state index in [-0.39, 0.29) is 63.7 Å². The van der Waals surface area contributed by atoms with E-state index in [0.29, 0.717) is 95.6 Å². The minimum absolute atomic E-state index is 0.0713. The van der Waals surface area contributed by atoms with Gasteiger partial charge in [0.05, 0.1) is 13.1 Å². The molecule has 0 aliphatic carbocycles. The molecule has 0 aromatic heterocycles. The van der Waals surface area contributed by atoms with E-state index in [2.05, 4.69) is 23.0 Å². The van der Waals surface area contributed by atoms with Crippen LogP contribution >= 0.6 is 0 Å². The minimum atomic E-state index is -1.20. The molecule has 0 aromatic carbocycles. The van der Waals surface area contributed by atoms with Crippen LogP contribution in [0.3, 0.4) is 0 Å². The van der Waals surface area contributed by atoms with Crippen molar-refractivity contribution in [3.63, 3.8) is 0 Å². The van der Waals surface area contributed by atoms with E-state index >= 15 is 0 Å². The molecule has 0 radical (unpaired) electrons. The van der Waals surface area contributed by atoms with Crippen LogP contribution in [0.1, 0.15) is 64.2 Å². The lowest BCUT2D eigenvalue weighted by Gasteiger charge is -2.49. The number of hydrogen-bond acceptors (Lipinski definition) is 8. The summed E-state index contributed by atoms with van der Waals surface area (Å²) in [5.41, 5.74) is 6.10. The second-order valence-electron chi connectivity index (χ2n) is 15.8. The summed E-state index contributed by atoms with van der Waals surface area (Å²) in [6.07, 6.45) is 3.86. The van der Waals surface area contributed by atoms with Crippen LogP contribution in [-0.2, 0) is 28.8 Å². The van der Waals surface area contributed by atoms with Crippen molar-refractivity contribution in [1.29, 1.82) is 0 Å². The van der Waals surface area contributed by atoms with Crippen LogP contribution in [0.15, 0.2) is 0 Å². The highest BCUT2D eigenvalue weighted by atomic mass is 16.4. The molecule has 2 unspecified atom stereocenters. The molecular formula is C34H60N8O11+4. The maximum atomic E-state index is 13.7. The Morgan fingerprint density at radius 1 is 0.623 bits per heavy atom. The number of aliphatic carboxylic acids is 4. The smallest absolute Gasteiger partial charge is 0.481 e. The number of nitrogens with zero attached hydrogens (tertiary/aromatic N) is 4. The lowest BCUT2D eigenvalue weighted by atomic mass is 10.0. The van der Waals surface area contributed by atoms with Gasteiger partial charge in [0.25, 0.3) is 0 Å². The number of nitrogens with one attached hydrogen (secondary N) is 3. The molecule has 0 aromatic rings. The number of carboxylic acids is 4. The van der Waals surface area contributed by atoms with Gasteiger partial charge in [0.2, 0.25) is 5.91 Å². The van der Waals surface area contributed by atoms with Crippen LogP contribution in [0.25, 0.3) is 0 Å². The number of nitrogens with two attached hydrogens (primary N) is 1. The third-order valence-electron chi connectivity index (χ3n) is 12.4. The molecule has 53 heavy (non-hydrogen) atoms. The number of hydrogen-bond donors (Lipinski definition) is 8. The first-order chi connectivity index (χ1) is 25.0. The number of carbonyl (C=O) groups is 7. The number of rotatable bonds is 24. The van der Waals surface area contributed by atoms with Crippen LogP contribution in [0, 0.1) is 0 Å². The molecule has 7 atom stereocenters. The maximum Gasteiger partial charge on any atom is 0.482 e. The summed E-state index contributed by atoms with van der Waals surface area (Å²) in [4.78, 5) is 84.7.